The number of esters is 1. The van der Waals surface area contributed by atoms with E-state index in [1.807, 2.05) is 6.07 Å². The number of ether oxygens (including phenoxy) is 1. The molecule has 0 aliphatic carbocycles. The Balaban J connectivity index is 0.00000324. The topological polar surface area (TPSA) is 52.3 Å². The molecular weight excluding hydrogens is 276 g/mol. The average molecular weight is 294 g/mol. The van der Waals surface area contributed by atoms with Crippen LogP contribution in [0.15, 0.2) is 18.2 Å². The molecule has 0 unspecified atom stereocenters. The van der Waals surface area contributed by atoms with Gasteiger partial charge in [0.15, 0.2) is 0 Å². The van der Waals surface area contributed by atoms with E-state index in [0.29, 0.717) is 0 Å². The van der Waals surface area contributed by atoms with E-state index >= 15 is 0 Å². The summed E-state index contributed by atoms with van der Waals surface area (Å²) in [5.41, 5.74) is 7.36. The molecule has 3 nitrogen and oxygen atoms in total. The van der Waals surface area contributed by atoms with Crippen molar-refractivity contribution in [1.82, 2.24) is 0 Å². The molecule has 0 aliphatic rings. The smallest absolute Gasteiger partial charge is 0.379 e. The maximum atomic E-state index is 13.7. The van der Waals surface area contributed by atoms with Crippen LogP contribution in [0.2, 0.25) is 0 Å². The quantitative estimate of drug-likeness (QED) is 0.869. The minimum Gasteiger partial charge on any atom is -0.462 e. The highest BCUT2D eigenvalue weighted by Crippen LogP contribution is 2.31. The fraction of sp³-hybridized carbons (Fsp3) is 0.462. The normalized spacial score (nSPS) is 12.5. The van der Waals surface area contributed by atoms with Gasteiger partial charge in [0.1, 0.15) is 6.04 Å². The summed E-state index contributed by atoms with van der Waals surface area (Å²) >= 11 is 0. The highest BCUT2D eigenvalue weighted by atomic mass is 35.5. The molecule has 1 aromatic carbocycles. The average Bonchev–Trinajstić information content (AvgIpc) is 2.26. The standard InChI is InChI=1S/C13H17F2NO2.ClH/c1-4-18-12(17)13(14,15)11(16)10-6-8(2)5-9(3)7-10;/h5-7,11H,4,16H2,1-3H3;1H/t11-;/m1./s1. The Morgan fingerprint density at radius 3 is 2.21 bits per heavy atom. The Morgan fingerprint density at radius 2 is 1.79 bits per heavy atom. The van der Waals surface area contributed by atoms with E-state index < -0.39 is 17.9 Å². The zero-order chi connectivity index (χ0) is 13.9. The van der Waals surface area contributed by atoms with Gasteiger partial charge in [-0.25, -0.2) is 4.79 Å². The van der Waals surface area contributed by atoms with Gasteiger partial charge in [0.2, 0.25) is 0 Å². The van der Waals surface area contributed by atoms with Gasteiger partial charge in [0.05, 0.1) is 6.61 Å². The minimum absolute atomic E-state index is 0. The van der Waals surface area contributed by atoms with Crippen LogP contribution in [-0.2, 0) is 9.53 Å². The molecule has 0 saturated heterocycles. The molecular formula is C13H18ClF2NO2. The third-order valence-electron chi connectivity index (χ3n) is 2.54. The number of rotatable bonds is 4. The van der Waals surface area contributed by atoms with E-state index in [4.69, 9.17) is 5.73 Å². The second kappa shape index (κ2) is 6.82. The number of hydrogen-bond donors (Lipinski definition) is 1. The number of carbonyl (C=O) groups excluding carboxylic acids is 1. The molecule has 1 atom stereocenters. The number of nitrogens with two attached hydrogens (primary N) is 1. The van der Waals surface area contributed by atoms with Gasteiger partial charge >= 0.3 is 11.9 Å². The lowest BCUT2D eigenvalue weighted by Crippen LogP contribution is -2.41. The van der Waals surface area contributed by atoms with Crippen molar-refractivity contribution < 1.29 is 18.3 Å². The van der Waals surface area contributed by atoms with Gasteiger partial charge in [-0.2, -0.15) is 8.78 Å². The van der Waals surface area contributed by atoms with Crippen LogP contribution in [0.5, 0.6) is 0 Å². The SMILES string of the molecule is CCOC(=O)C(F)(F)[C@H](N)c1cc(C)cc(C)c1.Cl. The molecule has 6 heteroatoms. The summed E-state index contributed by atoms with van der Waals surface area (Å²) in [6.45, 7) is 4.93. The molecule has 0 amide bonds. The molecule has 0 bridgehead atoms. The van der Waals surface area contributed by atoms with Crippen molar-refractivity contribution in [1.29, 1.82) is 0 Å². The molecule has 0 radical (unpaired) electrons. The van der Waals surface area contributed by atoms with E-state index in [1.54, 1.807) is 26.0 Å². The highest BCUT2D eigenvalue weighted by molar-refractivity contribution is 5.85. The summed E-state index contributed by atoms with van der Waals surface area (Å²) in [5, 5.41) is 0. The second-order valence-corrected chi connectivity index (χ2v) is 4.24. The van der Waals surface area contributed by atoms with Crippen LogP contribution in [0.25, 0.3) is 0 Å². The van der Waals surface area contributed by atoms with Crippen molar-refractivity contribution in [3.8, 4) is 0 Å². The van der Waals surface area contributed by atoms with Gasteiger partial charge in [-0.05, 0) is 26.3 Å². The maximum Gasteiger partial charge on any atom is 0.379 e. The zero-order valence-corrected chi connectivity index (χ0v) is 11.9. The van der Waals surface area contributed by atoms with Gasteiger partial charge in [-0.15, -0.1) is 12.4 Å². The summed E-state index contributed by atoms with van der Waals surface area (Å²) in [7, 11) is 0. The number of carbonyl (C=O) groups is 1. The Morgan fingerprint density at radius 1 is 1.32 bits per heavy atom. The fourth-order valence-corrected chi connectivity index (χ4v) is 1.75. The highest BCUT2D eigenvalue weighted by Gasteiger charge is 2.47. The molecule has 1 rings (SSSR count). The Kier molecular flexibility index (Phi) is 6.39. The van der Waals surface area contributed by atoms with Crippen molar-refractivity contribution in [3.05, 3.63) is 34.9 Å². The number of halogens is 3. The zero-order valence-electron chi connectivity index (χ0n) is 11.1. The minimum atomic E-state index is -3.73. The van der Waals surface area contributed by atoms with Crippen LogP contribution in [0, 0.1) is 13.8 Å². The lowest BCUT2D eigenvalue weighted by atomic mass is 9.97. The molecule has 0 spiro atoms. The van der Waals surface area contributed by atoms with Gasteiger partial charge in [0.25, 0.3) is 0 Å². The molecule has 108 valence electrons. The maximum absolute atomic E-state index is 13.7. The first-order valence-corrected chi connectivity index (χ1v) is 5.67. The van der Waals surface area contributed by atoms with Crippen LogP contribution in [-0.4, -0.2) is 18.5 Å². The number of aryl methyl sites for hydroxylation is 2. The third-order valence-corrected chi connectivity index (χ3v) is 2.54. The largest absolute Gasteiger partial charge is 0.462 e. The van der Waals surface area contributed by atoms with Crippen molar-refractivity contribution >= 4 is 18.4 Å². The lowest BCUT2D eigenvalue weighted by Gasteiger charge is -2.22. The number of benzene rings is 1. The Labute approximate surface area is 117 Å². The molecule has 0 aliphatic heterocycles. The van der Waals surface area contributed by atoms with Gasteiger partial charge in [-0.3, -0.25) is 0 Å². The van der Waals surface area contributed by atoms with E-state index in [9.17, 15) is 13.6 Å². The van der Waals surface area contributed by atoms with Crippen LogP contribution in [0.3, 0.4) is 0 Å². The Hall–Kier alpha value is -1.20. The molecule has 0 saturated carbocycles. The van der Waals surface area contributed by atoms with E-state index in [-0.39, 0.29) is 24.6 Å². The molecule has 0 aromatic heterocycles. The van der Waals surface area contributed by atoms with Crippen LogP contribution >= 0.6 is 12.4 Å². The van der Waals surface area contributed by atoms with E-state index in [0.717, 1.165) is 11.1 Å². The predicted molar refractivity (Wildman–Crippen MR) is 71.7 cm³/mol. The summed E-state index contributed by atoms with van der Waals surface area (Å²) in [4.78, 5) is 11.2. The first-order valence-electron chi connectivity index (χ1n) is 5.67. The molecule has 19 heavy (non-hydrogen) atoms. The molecule has 1 aromatic rings. The number of hydrogen-bond acceptors (Lipinski definition) is 3. The first kappa shape index (κ1) is 17.8. The van der Waals surface area contributed by atoms with Gasteiger partial charge in [-0.1, -0.05) is 29.3 Å². The number of alkyl halides is 2. The van der Waals surface area contributed by atoms with Crippen LogP contribution in [0.1, 0.15) is 29.7 Å². The summed E-state index contributed by atoms with van der Waals surface area (Å²) in [6.07, 6.45) is 0. The fourth-order valence-electron chi connectivity index (χ4n) is 1.75. The predicted octanol–water partition coefficient (Wildman–Crippen LogP) is 2.92. The van der Waals surface area contributed by atoms with Gasteiger partial charge in [0, 0.05) is 0 Å². The second-order valence-electron chi connectivity index (χ2n) is 4.24. The van der Waals surface area contributed by atoms with Crippen molar-refractivity contribution in [2.75, 3.05) is 6.61 Å². The van der Waals surface area contributed by atoms with Crippen molar-refractivity contribution in [3.63, 3.8) is 0 Å². The van der Waals surface area contributed by atoms with E-state index in [2.05, 4.69) is 4.74 Å². The monoisotopic (exact) mass is 293 g/mol. The van der Waals surface area contributed by atoms with Crippen LogP contribution < -0.4 is 5.73 Å². The van der Waals surface area contributed by atoms with Crippen molar-refractivity contribution in [2.45, 2.75) is 32.7 Å². The van der Waals surface area contributed by atoms with Gasteiger partial charge < -0.3 is 10.5 Å². The lowest BCUT2D eigenvalue weighted by molar-refractivity contribution is -0.174. The van der Waals surface area contributed by atoms with Crippen LogP contribution in [0.4, 0.5) is 8.78 Å². The Bertz CT molecular complexity index is 432. The summed E-state index contributed by atoms with van der Waals surface area (Å²) < 4.78 is 31.8. The summed E-state index contributed by atoms with van der Waals surface area (Å²) in [5.74, 6) is -5.31. The summed E-state index contributed by atoms with van der Waals surface area (Å²) in [6, 6.07) is 3.24. The third kappa shape index (κ3) is 4.14. The molecule has 0 heterocycles. The first-order chi connectivity index (χ1) is 8.28. The molecule has 0 fully saturated rings. The molecule has 2 N–H and O–H groups in total. The van der Waals surface area contributed by atoms with Crippen molar-refractivity contribution in [2.24, 2.45) is 5.73 Å². The van der Waals surface area contributed by atoms with E-state index in [1.165, 1.54) is 6.92 Å².